The van der Waals surface area contributed by atoms with Gasteiger partial charge in [-0.1, -0.05) is 24.6 Å². The fraction of sp³-hybridized carbons (Fsp3) is 0.533. The zero-order chi connectivity index (χ0) is 14.5. The lowest BCUT2D eigenvalue weighted by atomic mass is 10.0. The van der Waals surface area contributed by atoms with E-state index in [9.17, 15) is 9.90 Å². The molecule has 0 heterocycles. The van der Waals surface area contributed by atoms with Crippen molar-refractivity contribution >= 4 is 5.97 Å². The topological polar surface area (TPSA) is 58.6 Å². The van der Waals surface area contributed by atoms with Crippen molar-refractivity contribution in [1.82, 2.24) is 5.32 Å². The highest BCUT2D eigenvalue weighted by Crippen LogP contribution is 2.20. The van der Waals surface area contributed by atoms with Gasteiger partial charge in [0.05, 0.1) is 0 Å². The van der Waals surface area contributed by atoms with Crippen molar-refractivity contribution in [2.75, 3.05) is 13.2 Å². The Morgan fingerprint density at radius 1 is 1.42 bits per heavy atom. The van der Waals surface area contributed by atoms with E-state index < -0.39 is 11.5 Å². The van der Waals surface area contributed by atoms with Crippen molar-refractivity contribution in [3.8, 4) is 5.75 Å². The fourth-order valence-corrected chi connectivity index (χ4v) is 1.77. The number of benzene rings is 1. The Bertz CT molecular complexity index is 445. The molecule has 0 aromatic heterocycles. The summed E-state index contributed by atoms with van der Waals surface area (Å²) in [5, 5.41) is 12.3. The Hall–Kier alpha value is -1.55. The van der Waals surface area contributed by atoms with E-state index in [0.29, 0.717) is 6.54 Å². The van der Waals surface area contributed by atoms with Gasteiger partial charge in [-0.15, -0.1) is 0 Å². The van der Waals surface area contributed by atoms with Crippen molar-refractivity contribution in [1.29, 1.82) is 0 Å². The molecule has 0 aliphatic rings. The van der Waals surface area contributed by atoms with E-state index in [-0.39, 0.29) is 6.61 Å². The van der Waals surface area contributed by atoms with Crippen LogP contribution in [0.1, 0.15) is 31.4 Å². The summed E-state index contributed by atoms with van der Waals surface area (Å²) in [5.41, 5.74) is 1.12. The van der Waals surface area contributed by atoms with Crippen LogP contribution in [0.3, 0.4) is 0 Å². The van der Waals surface area contributed by atoms with Crippen LogP contribution in [0.5, 0.6) is 5.75 Å². The first-order valence-electron chi connectivity index (χ1n) is 6.57. The first-order chi connectivity index (χ1) is 8.89. The molecule has 0 aliphatic carbocycles. The number of carboxylic acids is 1. The molecule has 2 N–H and O–H groups in total. The average Bonchev–Trinajstić information content (AvgIpc) is 2.35. The summed E-state index contributed by atoms with van der Waals surface area (Å²) in [5.74, 6) is -0.165. The van der Waals surface area contributed by atoms with Crippen LogP contribution >= 0.6 is 0 Å². The SMILES string of the molecule is CCCNC(C)(COc1ccc(C)cc1C)C(=O)O. The van der Waals surface area contributed by atoms with E-state index in [2.05, 4.69) is 5.32 Å². The standard InChI is InChI=1S/C15H23NO3/c1-5-8-16-15(4,14(17)18)10-19-13-7-6-11(2)9-12(13)3/h6-7,9,16H,5,8,10H2,1-4H3,(H,17,18). The third-order valence-corrected chi connectivity index (χ3v) is 3.08. The summed E-state index contributed by atoms with van der Waals surface area (Å²) < 4.78 is 5.67. The van der Waals surface area contributed by atoms with Gasteiger partial charge in [0.15, 0.2) is 0 Å². The molecule has 0 fully saturated rings. The lowest BCUT2D eigenvalue weighted by Crippen LogP contribution is -2.54. The van der Waals surface area contributed by atoms with Gasteiger partial charge in [0.2, 0.25) is 0 Å². The summed E-state index contributed by atoms with van der Waals surface area (Å²) >= 11 is 0. The van der Waals surface area contributed by atoms with E-state index in [1.54, 1.807) is 6.92 Å². The maximum absolute atomic E-state index is 11.3. The molecule has 0 bridgehead atoms. The van der Waals surface area contributed by atoms with E-state index >= 15 is 0 Å². The number of nitrogens with one attached hydrogen (secondary N) is 1. The molecule has 0 amide bonds. The summed E-state index contributed by atoms with van der Waals surface area (Å²) in [6.07, 6.45) is 0.881. The van der Waals surface area contributed by atoms with Crippen molar-refractivity contribution in [2.45, 2.75) is 39.7 Å². The van der Waals surface area contributed by atoms with Crippen molar-refractivity contribution in [2.24, 2.45) is 0 Å². The number of rotatable bonds is 7. The number of hydrogen-bond acceptors (Lipinski definition) is 3. The number of hydrogen-bond donors (Lipinski definition) is 2. The highest BCUT2D eigenvalue weighted by atomic mass is 16.5. The van der Waals surface area contributed by atoms with Crippen LogP contribution in [0.2, 0.25) is 0 Å². The molecule has 19 heavy (non-hydrogen) atoms. The molecular formula is C15H23NO3. The Morgan fingerprint density at radius 3 is 2.63 bits per heavy atom. The molecule has 1 aromatic rings. The van der Waals surface area contributed by atoms with Gasteiger partial charge in [0.25, 0.3) is 0 Å². The zero-order valence-corrected chi connectivity index (χ0v) is 12.1. The van der Waals surface area contributed by atoms with Crippen LogP contribution in [-0.2, 0) is 4.79 Å². The highest BCUT2D eigenvalue weighted by Gasteiger charge is 2.33. The van der Waals surface area contributed by atoms with E-state index in [4.69, 9.17) is 4.74 Å². The van der Waals surface area contributed by atoms with E-state index in [1.807, 2.05) is 39.0 Å². The number of aryl methyl sites for hydroxylation is 2. The Kier molecular flexibility index (Phi) is 5.36. The molecule has 1 aromatic carbocycles. The van der Waals surface area contributed by atoms with E-state index in [0.717, 1.165) is 23.3 Å². The number of carboxylic acid groups (broad SMARTS) is 1. The molecule has 0 radical (unpaired) electrons. The Balaban J connectivity index is 2.73. The number of aliphatic carboxylic acids is 1. The van der Waals surface area contributed by atoms with Gasteiger partial charge >= 0.3 is 5.97 Å². The van der Waals surface area contributed by atoms with Gasteiger partial charge in [-0.25, -0.2) is 0 Å². The lowest BCUT2D eigenvalue weighted by molar-refractivity contribution is -0.145. The second-order valence-corrected chi connectivity index (χ2v) is 5.12. The zero-order valence-electron chi connectivity index (χ0n) is 12.1. The molecule has 1 atom stereocenters. The van der Waals surface area contributed by atoms with Crippen LogP contribution in [0.15, 0.2) is 18.2 Å². The molecular weight excluding hydrogens is 242 g/mol. The normalized spacial score (nSPS) is 13.9. The molecule has 0 spiro atoms. The predicted octanol–water partition coefficient (Wildman–Crippen LogP) is 2.53. The summed E-state index contributed by atoms with van der Waals surface area (Å²) in [6, 6.07) is 5.86. The minimum Gasteiger partial charge on any atom is -0.491 e. The largest absolute Gasteiger partial charge is 0.491 e. The number of carbonyl (C=O) groups is 1. The molecule has 4 nitrogen and oxygen atoms in total. The monoisotopic (exact) mass is 265 g/mol. The predicted molar refractivity (Wildman–Crippen MR) is 75.7 cm³/mol. The minimum absolute atomic E-state index is 0.103. The van der Waals surface area contributed by atoms with Crippen LogP contribution < -0.4 is 10.1 Å². The summed E-state index contributed by atoms with van der Waals surface area (Å²) in [4.78, 5) is 11.3. The van der Waals surface area contributed by atoms with Crippen molar-refractivity contribution < 1.29 is 14.6 Å². The minimum atomic E-state index is -1.06. The third-order valence-electron chi connectivity index (χ3n) is 3.08. The maximum atomic E-state index is 11.3. The lowest BCUT2D eigenvalue weighted by Gasteiger charge is -2.26. The van der Waals surface area contributed by atoms with Gasteiger partial charge in [0, 0.05) is 0 Å². The first-order valence-corrected chi connectivity index (χ1v) is 6.57. The molecule has 106 valence electrons. The van der Waals surface area contributed by atoms with Gasteiger partial charge < -0.3 is 9.84 Å². The average molecular weight is 265 g/mol. The summed E-state index contributed by atoms with van der Waals surface area (Å²) in [7, 11) is 0. The van der Waals surface area contributed by atoms with E-state index in [1.165, 1.54) is 0 Å². The molecule has 0 saturated heterocycles. The van der Waals surface area contributed by atoms with Gasteiger partial charge in [-0.2, -0.15) is 0 Å². The number of ether oxygens (including phenoxy) is 1. The van der Waals surface area contributed by atoms with Gasteiger partial charge in [-0.05, 0) is 45.4 Å². The highest BCUT2D eigenvalue weighted by molar-refractivity contribution is 5.78. The summed E-state index contributed by atoms with van der Waals surface area (Å²) in [6.45, 7) is 8.38. The molecule has 1 unspecified atom stereocenters. The van der Waals surface area contributed by atoms with Crippen LogP contribution in [0, 0.1) is 13.8 Å². The Labute approximate surface area is 114 Å². The van der Waals surface area contributed by atoms with Crippen LogP contribution in [0.25, 0.3) is 0 Å². The molecule has 0 aliphatic heterocycles. The molecule has 0 saturated carbocycles. The third kappa shape index (κ3) is 4.24. The first kappa shape index (κ1) is 15.5. The smallest absolute Gasteiger partial charge is 0.327 e. The van der Waals surface area contributed by atoms with Crippen LogP contribution in [-0.4, -0.2) is 29.8 Å². The second-order valence-electron chi connectivity index (χ2n) is 5.12. The van der Waals surface area contributed by atoms with Gasteiger partial charge in [0.1, 0.15) is 17.9 Å². The molecule has 1 rings (SSSR count). The van der Waals surface area contributed by atoms with Crippen molar-refractivity contribution in [3.05, 3.63) is 29.3 Å². The Morgan fingerprint density at radius 2 is 2.11 bits per heavy atom. The second kappa shape index (κ2) is 6.57. The quantitative estimate of drug-likeness (QED) is 0.795. The molecule has 4 heteroatoms. The van der Waals surface area contributed by atoms with Gasteiger partial charge in [-0.3, -0.25) is 10.1 Å². The van der Waals surface area contributed by atoms with Crippen molar-refractivity contribution in [3.63, 3.8) is 0 Å². The maximum Gasteiger partial charge on any atom is 0.327 e. The fourth-order valence-electron chi connectivity index (χ4n) is 1.77. The van der Waals surface area contributed by atoms with Crippen LogP contribution in [0.4, 0.5) is 0 Å².